The molecule has 0 spiro atoms. The van der Waals surface area contributed by atoms with Crippen LogP contribution in [0.2, 0.25) is 0 Å². The summed E-state index contributed by atoms with van der Waals surface area (Å²) in [5.41, 5.74) is 1.13. The van der Waals surface area contributed by atoms with Crippen LogP contribution in [-0.2, 0) is 9.59 Å². The number of aliphatic hydroxyl groups excluding tert-OH is 1. The van der Waals surface area contributed by atoms with Crippen molar-refractivity contribution in [3.05, 3.63) is 34.7 Å². The molecule has 0 unspecified atom stereocenters. The SMILES string of the molecule is CCCCCN1C(=O)C(SCCO)=C(c2ccc(OC)cc2)C1=O. The van der Waals surface area contributed by atoms with Crippen molar-refractivity contribution in [2.75, 3.05) is 26.0 Å². The van der Waals surface area contributed by atoms with E-state index in [1.807, 2.05) is 0 Å². The molecular formula is C18H23NO4S. The molecule has 0 saturated carbocycles. The van der Waals surface area contributed by atoms with Crippen LogP contribution in [0.15, 0.2) is 29.2 Å². The van der Waals surface area contributed by atoms with Crippen LogP contribution in [0.4, 0.5) is 0 Å². The molecule has 0 bridgehead atoms. The number of unbranched alkanes of at least 4 members (excludes halogenated alkanes) is 2. The van der Waals surface area contributed by atoms with Crippen LogP contribution in [0.1, 0.15) is 31.7 Å². The van der Waals surface area contributed by atoms with Gasteiger partial charge in [-0.25, -0.2) is 0 Å². The fraction of sp³-hybridized carbons (Fsp3) is 0.444. The first kappa shape index (κ1) is 18.5. The number of hydrogen-bond donors (Lipinski definition) is 1. The summed E-state index contributed by atoms with van der Waals surface area (Å²) in [4.78, 5) is 27.2. The van der Waals surface area contributed by atoms with Crippen molar-refractivity contribution in [3.8, 4) is 5.75 Å². The third-order valence-corrected chi connectivity index (χ3v) is 4.88. The molecule has 1 aromatic carbocycles. The highest BCUT2D eigenvalue weighted by Gasteiger charge is 2.38. The fourth-order valence-electron chi connectivity index (χ4n) is 2.57. The number of benzene rings is 1. The summed E-state index contributed by atoms with van der Waals surface area (Å²) in [5.74, 6) is 0.583. The van der Waals surface area contributed by atoms with Gasteiger partial charge in [0, 0.05) is 12.3 Å². The lowest BCUT2D eigenvalue weighted by Crippen LogP contribution is -2.32. The number of rotatable bonds is 9. The van der Waals surface area contributed by atoms with Gasteiger partial charge in [-0.15, -0.1) is 11.8 Å². The van der Waals surface area contributed by atoms with Gasteiger partial charge in [0.05, 0.1) is 24.2 Å². The smallest absolute Gasteiger partial charge is 0.267 e. The molecule has 0 saturated heterocycles. The van der Waals surface area contributed by atoms with E-state index in [4.69, 9.17) is 9.84 Å². The highest BCUT2D eigenvalue weighted by molar-refractivity contribution is 8.04. The second-order valence-electron chi connectivity index (χ2n) is 5.47. The first-order valence-corrected chi connectivity index (χ1v) is 9.11. The number of carbonyl (C=O) groups excluding carboxylic acids is 2. The molecule has 6 heteroatoms. The quantitative estimate of drug-likeness (QED) is 0.548. The van der Waals surface area contributed by atoms with Crippen LogP contribution in [0.3, 0.4) is 0 Å². The number of ether oxygens (including phenoxy) is 1. The van der Waals surface area contributed by atoms with Crippen molar-refractivity contribution in [2.45, 2.75) is 26.2 Å². The largest absolute Gasteiger partial charge is 0.497 e. The highest BCUT2D eigenvalue weighted by atomic mass is 32.2. The Morgan fingerprint density at radius 1 is 1.12 bits per heavy atom. The lowest BCUT2D eigenvalue weighted by atomic mass is 10.1. The van der Waals surface area contributed by atoms with E-state index in [1.165, 1.54) is 16.7 Å². The zero-order chi connectivity index (χ0) is 17.5. The number of thioether (sulfide) groups is 1. The molecule has 1 aliphatic heterocycles. The predicted octanol–water partition coefficient (Wildman–Crippen LogP) is 2.69. The second-order valence-corrected chi connectivity index (χ2v) is 6.58. The van der Waals surface area contributed by atoms with Crippen molar-refractivity contribution in [1.29, 1.82) is 0 Å². The van der Waals surface area contributed by atoms with Gasteiger partial charge in [-0.05, 0) is 24.1 Å². The lowest BCUT2D eigenvalue weighted by Gasteiger charge is -2.14. The van der Waals surface area contributed by atoms with Crippen molar-refractivity contribution in [1.82, 2.24) is 4.90 Å². The lowest BCUT2D eigenvalue weighted by molar-refractivity contribution is -0.136. The molecule has 2 amide bonds. The van der Waals surface area contributed by atoms with E-state index in [0.29, 0.717) is 34.1 Å². The Hall–Kier alpha value is -1.79. The highest BCUT2D eigenvalue weighted by Crippen LogP contribution is 2.36. The zero-order valence-electron chi connectivity index (χ0n) is 14.1. The minimum atomic E-state index is -0.250. The minimum absolute atomic E-state index is 0.0403. The van der Waals surface area contributed by atoms with E-state index in [2.05, 4.69) is 6.92 Å². The summed E-state index contributed by atoms with van der Waals surface area (Å²) >= 11 is 1.24. The molecule has 0 aliphatic carbocycles. The third-order valence-electron chi connectivity index (χ3n) is 3.83. The molecule has 0 atom stereocenters. The standard InChI is InChI=1S/C18H23NO4S/c1-3-4-5-10-19-17(21)15(16(18(19)22)24-12-11-20)13-6-8-14(23-2)9-7-13/h6-9,20H,3-5,10-12H2,1-2H3. The molecule has 130 valence electrons. The Kier molecular flexibility index (Phi) is 6.87. The van der Waals surface area contributed by atoms with Gasteiger partial charge in [0.2, 0.25) is 0 Å². The van der Waals surface area contributed by atoms with E-state index in [9.17, 15) is 9.59 Å². The predicted molar refractivity (Wildman–Crippen MR) is 95.7 cm³/mol. The second kappa shape index (κ2) is 8.89. The van der Waals surface area contributed by atoms with Crippen LogP contribution in [0, 0.1) is 0 Å². The van der Waals surface area contributed by atoms with Gasteiger partial charge < -0.3 is 9.84 Å². The minimum Gasteiger partial charge on any atom is -0.497 e. The average molecular weight is 349 g/mol. The summed E-state index contributed by atoms with van der Waals surface area (Å²) in [6.45, 7) is 2.48. The molecule has 1 N–H and O–H groups in total. The molecular weight excluding hydrogens is 326 g/mol. The molecule has 24 heavy (non-hydrogen) atoms. The summed E-state index contributed by atoms with van der Waals surface area (Å²) in [5, 5.41) is 9.07. The van der Waals surface area contributed by atoms with E-state index in [-0.39, 0.29) is 18.4 Å². The summed E-state index contributed by atoms with van der Waals surface area (Å²) in [6.07, 6.45) is 2.82. The third kappa shape index (κ3) is 3.99. The van der Waals surface area contributed by atoms with Gasteiger partial charge in [0.15, 0.2) is 0 Å². The van der Waals surface area contributed by atoms with Gasteiger partial charge in [0.1, 0.15) is 5.75 Å². The van der Waals surface area contributed by atoms with Crippen LogP contribution in [0.25, 0.3) is 5.57 Å². The van der Waals surface area contributed by atoms with Gasteiger partial charge >= 0.3 is 0 Å². The molecule has 0 fully saturated rings. The van der Waals surface area contributed by atoms with E-state index < -0.39 is 0 Å². The summed E-state index contributed by atoms with van der Waals surface area (Å²) in [6, 6.07) is 7.12. The maximum Gasteiger partial charge on any atom is 0.267 e. The Bertz CT molecular complexity index is 624. The van der Waals surface area contributed by atoms with Crippen molar-refractivity contribution in [2.24, 2.45) is 0 Å². The van der Waals surface area contributed by atoms with Crippen molar-refractivity contribution in [3.63, 3.8) is 0 Å². The molecule has 2 rings (SSSR count). The van der Waals surface area contributed by atoms with Crippen LogP contribution < -0.4 is 4.74 Å². The first-order chi connectivity index (χ1) is 11.6. The number of methoxy groups -OCH3 is 1. The normalized spacial score (nSPS) is 14.7. The van der Waals surface area contributed by atoms with Gasteiger partial charge in [-0.2, -0.15) is 0 Å². The Balaban J connectivity index is 2.31. The molecule has 1 heterocycles. The number of carbonyl (C=O) groups is 2. The van der Waals surface area contributed by atoms with E-state index in [1.54, 1.807) is 31.4 Å². The fourth-order valence-corrected chi connectivity index (χ4v) is 3.45. The monoisotopic (exact) mass is 349 g/mol. The van der Waals surface area contributed by atoms with Crippen molar-refractivity contribution < 1.29 is 19.4 Å². The number of aliphatic hydroxyl groups is 1. The Morgan fingerprint density at radius 2 is 1.83 bits per heavy atom. The van der Waals surface area contributed by atoms with Crippen LogP contribution in [-0.4, -0.2) is 47.8 Å². The van der Waals surface area contributed by atoms with Crippen molar-refractivity contribution >= 4 is 29.1 Å². The average Bonchev–Trinajstić information content (AvgIpc) is 2.84. The van der Waals surface area contributed by atoms with Crippen LogP contribution in [0.5, 0.6) is 5.75 Å². The Labute approximate surface area is 146 Å². The molecule has 5 nitrogen and oxygen atoms in total. The van der Waals surface area contributed by atoms with E-state index in [0.717, 1.165) is 19.3 Å². The topological polar surface area (TPSA) is 66.8 Å². The Morgan fingerprint density at radius 3 is 2.42 bits per heavy atom. The van der Waals surface area contributed by atoms with Gasteiger partial charge in [0.25, 0.3) is 11.8 Å². The zero-order valence-corrected chi connectivity index (χ0v) is 14.9. The number of hydrogen-bond acceptors (Lipinski definition) is 5. The maximum atomic E-state index is 12.8. The number of nitrogens with zero attached hydrogens (tertiary/aromatic N) is 1. The van der Waals surface area contributed by atoms with Crippen LogP contribution >= 0.6 is 11.8 Å². The summed E-state index contributed by atoms with van der Waals surface area (Å²) in [7, 11) is 1.58. The molecule has 0 radical (unpaired) electrons. The van der Waals surface area contributed by atoms with E-state index >= 15 is 0 Å². The number of imide groups is 1. The maximum absolute atomic E-state index is 12.8. The molecule has 0 aromatic heterocycles. The molecule has 1 aliphatic rings. The first-order valence-electron chi connectivity index (χ1n) is 8.12. The molecule has 1 aromatic rings. The number of amides is 2. The van der Waals surface area contributed by atoms with Gasteiger partial charge in [-0.3, -0.25) is 14.5 Å². The summed E-state index contributed by atoms with van der Waals surface area (Å²) < 4.78 is 5.14. The van der Waals surface area contributed by atoms with Gasteiger partial charge in [-0.1, -0.05) is 31.9 Å².